The lowest BCUT2D eigenvalue weighted by Gasteiger charge is -2.36. The number of urea groups is 1. The number of aryl methyl sites for hydroxylation is 1. The van der Waals surface area contributed by atoms with E-state index in [-0.39, 0.29) is 6.03 Å². The number of anilines is 2. The molecule has 0 spiro atoms. The Kier molecular flexibility index (Phi) is 9.52. The van der Waals surface area contributed by atoms with Crippen LogP contribution in [0.25, 0.3) is 0 Å². The maximum Gasteiger partial charge on any atom is 0.321 e. The van der Waals surface area contributed by atoms with E-state index in [2.05, 4.69) is 49.7 Å². The summed E-state index contributed by atoms with van der Waals surface area (Å²) in [7, 11) is 1.62. The SMILES string of the molecule is COc1ccc(NC(=O)N2CCN(c3cc(Cl)ccc3C)CC2)cc1OCCN(C(C)C)C(C)C. The number of hydrogen-bond donors (Lipinski definition) is 1. The Hall–Kier alpha value is -2.64. The molecule has 0 aliphatic carbocycles. The number of piperazine rings is 1. The van der Waals surface area contributed by atoms with E-state index in [1.165, 1.54) is 5.56 Å². The highest BCUT2D eigenvalue weighted by atomic mass is 35.5. The Bertz CT molecular complexity index is 982. The summed E-state index contributed by atoms with van der Waals surface area (Å²) in [6.45, 7) is 15.0. The van der Waals surface area contributed by atoms with Gasteiger partial charge in [-0.15, -0.1) is 0 Å². The van der Waals surface area contributed by atoms with Crippen LogP contribution in [0.5, 0.6) is 11.5 Å². The molecule has 2 aromatic carbocycles. The minimum atomic E-state index is -0.116. The minimum absolute atomic E-state index is 0.116. The first-order valence-electron chi connectivity index (χ1n) is 12.3. The molecule has 35 heavy (non-hydrogen) atoms. The molecule has 192 valence electrons. The zero-order chi connectivity index (χ0) is 25.5. The maximum atomic E-state index is 12.9. The zero-order valence-electron chi connectivity index (χ0n) is 21.8. The number of carbonyl (C=O) groups is 1. The molecular weight excluding hydrogens is 464 g/mol. The van der Waals surface area contributed by atoms with E-state index < -0.39 is 0 Å². The van der Waals surface area contributed by atoms with Crippen molar-refractivity contribution in [1.29, 1.82) is 0 Å². The van der Waals surface area contributed by atoms with Crippen molar-refractivity contribution in [2.45, 2.75) is 46.7 Å². The molecule has 1 heterocycles. The molecule has 1 fully saturated rings. The number of carbonyl (C=O) groups excluding carboxylic acids is 1. The van der Waals surface area contributed by atoms with Gasteiger partial charge in [0.1, 0.15) is 6.61 Å². The van der Waals surface area contributed by atoms with E-state index in [0.717, 1.165) is 30.3 Å². The third-order valence-electron chi connectivity index (χ3n) is 6.43. The molecule has 0 bridgehead atoms. The molecule has 1 aliphatic rings. The Morgan fingerprint density at radius 1 is 1.03 bits per heavy atom. The van der Waals surface area contributed by atoms with Crippen molar-refractivity contribution in [3.05, 3.63) is 47.0 Å². The van der Waals surface area contributed by atoms with Crippen LogP contribution in [-0.2, 0) is 0 Å². The number of rotatable bonds is 9. The fourth-order valence-electron chi connectivity index (χ4n) is 4.52. The Labute approximate surface area is 214 Å². The topological polar surface area (TPSA) is 57.3 Å². The van der Waals surface area contributed by atoms with Crippen LogP contribution in [0, 0.1) is 6.92 Å². The normalized spacial score (nSPS) is 14.1. The molecule has 8 heteroatoms. The van der Waals surface area contributed by atoms with E-state index in [1.807, 2.05) is 41.3 Å². The van der Waals surface area contributed by atoms with Crippen LogP contribution in [0.15, 0.2) is 36.4 Å². The van der Waals surface area contributed by atoms with E-state index >= 15 is 0 Å². The van der Waals surface area contributed by atoms with Crippen molar-refractivity contribution in [3.63, 3.8) is 0 Å². The summed E-state index contributed by atoms with van der Waals surface area (Å²) >= 11 is 6.19. The summed E-state index contributed by atoms with van der Waals surface area (Å²) in [5, 5.41) is 3.74. The fourth-order valence-corrected chi connectivity index (χ4v) is 4.68. The smallest absolute Gasteiger partial charge is 0.321 e. The van der Waals surface area contributed by atoms with Crippen LogP contribution in [0.2, 0.25) is 5.02 Å². The average Bonchev–Trinajstić information content (AvgIpc) is 2.83. The summed E-state index contributed by atoms with van der Waals surface area (Å²) in [6, 6.07) is 12.2. The van der Waals surface area contributed by atoms with Gasteiger partial charge in [0.05, 0.1) is 7.11 Å². The predicted octanol–water partition coefficient (Wildman–Crippen LogP) is 5.51. The van der Waals surface area contributed by atoms with Gasteiger partial charge in [-0.1, -0.05) is 17.7 Å². The van der Waals surface area contributed by atoms with Crippen molar-refractivity contribution >= 4 is 29.0 Å². The predicted molar refractivity (Wildman–Crippen MR) is 144 cm³/mol. The second kappa shape index (κ2) is 12.4. The number of methoxy groups -OCH3 is 1. The molecule has 0 atom stereocenters. The average molecular weight is 503 g/mol. The van der Waals surface area contributed by atoms with Gasteiger partial charge in [-0.25, -0.2) is 4.79 Å². The van der Waals surface area contributed by atoms with Crippen molar-refractivity contribution < 1.29 is 14.3 Å². The van der Waals surface area contributed by atoms with Gasteiger partial charge in [0.15, 0.2) is 11.5 Å². The third-order valence-corrected chi connectivity index (χ3v) is 6.66. The first-order chi connectivity index (χ1) is 16.7. The summed E-state index contributed by atoms with van der Waals surface area (Å²) in [6.07, 6.45) is 0. The first kappa shape index (κ1) is 27.0. The number of nitrogens with zero attached hydrogens (tertiary/aromatic N) is 3. The lowest BCUT2D eigenvalue weighted by atomic mass is 10.1. The molecule has 1 aliphatic heterocycles. The minimum Gasteiger partial charge on any atom is -0.493 e. The zero-order valence-corrected chi connectivity index (χ0v) is 22.6. The van der Waals surface area contributed by atoms with Crippen molar-refractivity contribution in [1.82, 2.24) is 9.80 Å². The van der Waals surface area contributed by atoms with E-state index in [9.17, 15) is 4.79 Å². The Morgan fingerprint density at radius 3 is 2.34 bits per heavy atom. The van der Waals surface area contributed by atoms with Crippen LogP contribution in [0.1, 0.15) is 33.3 Å². The molecule has 0 unspecified atom stereocenters. The lowest BCUT2D eigenvalue weighted by molar-refractivity contribution is 0.140. The standard InChI is InChI=1S/C27H39ClN4O3/c1-19(2)32(20(3)4)15-16-35-26-18-23(9-10-25(26)34-6)29-27(33)31-13-11-30(12-14-31)24-17-22(28)8-7-21(24)5/h7-10,17-20H,11-16H2,1-6H3,(H,29,33). The molecular formula is C27H39ClN4O3. The Morgan fingerprint density at radius 2 is 1.71 bits per heavy atom. The van der Waals surface area contributed by atoms with E-state index in [1.54, 1.807) is 7.11 Å². The second-order valence-corrected chi connectivity index (χ2v) is 9.91. The van der Waals surface area contributed by atoms with Gasteiger partial charge in [0.25, 0.3) is 0 Å². The van der Waals surface area contributed by atoms with Crippen LogP contribution < -0.4 is 19.7 Å². The van der Waals surface area contributed by atoms with Crippen LogP contribution in [0.3, 0.4) is 0 Å². The molecule has 0 aromatic heterocycles. The molecule has 1 saturated heterocycles. The summed E-state index contributed by atoms with van der Waals surface area (Å²) in [5.41, 5.74) is 2.99. The highest BCUT2D eigenvalue weighted by Gasteiger charge is 2.23. The van der Waals surface area contributed by atoms with Crippen molar-refractivity contribution in [2.75, 3.05) is 56.7 Å². The van der Waals surface area contributed by atoms with Crippen molar-refractivity contribution in [2.24, 2.45) is 0 Å². The van der Waals surface area contributed by atoms with Gasteiger partial charge in [-0.2, -0.15) is 0 Å². The maximum absolute atomic E-state index is 12.9. The van der Waals surface area contributed by atoms with Gasteiger partial charge in [-0.3, -0.25) is 4.90 Å². The van der Waals surface area contributed by atoms with Gasteiger partial charge in [0.2, 0.25) is 0 Å². The van der Waals surface area contributed by atoms with Crippen LogP contribution >= 0.6 is 11.6 Å². The number of hydrogen-bond acceptors (Lipinski definition) is 5. The molecule has 3 rings (SSSR count). The quantitative estimate of drug-likeness (QED) is 0.490. The Balaban J connectivity index is 1.58. The number of halogens is 1. The molecule has 2 aromatic rings. The van der Waals surface area contributed by atoms with Crippen LogP contribution in [0.4, 0.5) is 16.2 Å². The largest absolute Gasteiger partial charge is 0.493 e. The lowest BCUT2D eigenvalue weighted by Crippen LogP contribution is -2.50. The third kappa shape index (κ3) is 7.18. The number of nitrogens with one attached hydrogen (secondary N) is 1. The number of ether oxygens (including phenoxy) is 2. The monoisotopic (exact) mass is 502 g/mol. The van der Waals surface area contributed by atoms with Gasteiger partial charge >= 0.3 is 6.03 Å². The van der Waals surface area contributed by atoms with Crippen LogP contribution in [-0.4, -0.2) is 74.4 Å². The highest BCUT2D eigenvalue weighted by Crippen LogP contribution is 2.31. The van der Waals surface area contributed by atoms with Crippen molar-refractivity contribution in [3.8, 4) is 11.5 Å². The summed E-state index contributed by atoms with van der Waals surface area (Å²) < 4.78 is 11.5. The molecule has 1 N–H and O–H groups in total. The van der Waals surface area contributed by atoms with E-state index in [4.69, 9.17) is 21.1 Å². The first-order valence-corrected chi connectivity index (χ1v) is 12.7. The number of amides is 2. The highest BCUT2D eigenvalue weighted by molar-refractivity contribution is 6.30. The molecule has 7 nitrogen and oxygen atoms in total. The van der Waals surface area contributed by atoms with E-state index in [0.29, 0.717) is 49.0 Å². The summed E-state index contributed by atoms with van der Waals surface area (Å²) in [4.78, 5) is 19.4. The molecule has 2 amide bonds. The van der Waals surface area contributed by atoms with Gasteiger partial charge in [-0.05, 0) is 64.4 Å². The number of benzene rings is 2. The molecule has 0 saturated carbocycles. The molecule has 0 radical (unpaired) electrons. The second-order valence-electron chi connectivity index (χ2n) is 9.47. The van der Waals surface area contributed by atoms with Gasteiger partial charge in [0, 0.05) is 67.3 Å². The summed E-state index contributed by atoms with van der Waals surface area (Å²) in [5.74, 6) is 1.27. The van der Waals surface area contributed by atoms with Gasteiger partial charge < -0.3 is 24.6 Å². The fraction of sp³-hybridized carbons (Fsp3) is 0.519.